The zero-order valence-corrected chi connectivity index (χ0v) is 13.9. The molecule has 7 heteroatoms. The molecule has 0 aliphatic carbocycles. The van der Waals surface area contributed by atoms with Crippen molar-refractivity contribution >= 4 is 29.7 Å². The number of carbonyl (C=O) groups excluding carboxylic acids is 1. The highest BCUT2D eigenvalue weighted by Crippen LogP contribution is 2.23. The third-order valence-corrected chi connectivity index (χ3v) is 3.99. The predicted molar refractivity (Wildman–Crippen MR) is 90.3 cm³/mol. The van der Waals surface area contributed by atoms with Gasteiger partial charge in [0, 0.05) is 25.2 Å². The number of amides is 1. The molecule has 2 unspecified atom stereocenters. The number of nitrogens with zero attached hydrogens (tertiary/aromatic N) is 1. The van der Waals surface area contributed by atoms with Gasteiger partial charge in [0.2, 0.25) is 5.91 Å². The molecule has 1 amide bonds. The van der Waals surface area contributed by atoms with Crippen LogP contribution in [-0.4, -0.2) is 30.6 Å². The number of halogens is 1. The van der Waals surface area contributed by atoms with Crippen LogP contribution in [0.25, 0.3) is 0 Å². The first-order valence-corrected chi connectivity index (χ1v) is 7.59. The lowest BCUT2D eigenvalue weighted by Crippen LogP contribution is -2.34. The normalized spacial score (nSPS) is 13.0. The Morgan fingerprint density at radius 1 is 1.41 bits per heavy atom. The highest BCUT2D eigenvalue weighted by molar-refractivity contribution is 7.09. The molecule has 0 fully saturated rings. The fourth-order valence-corrected chi connectivity index (χ4v) is 2.71. The summed E-state index contributed by atoms with van der Waals surface area (Å²) in [6.07, 6.45) is 1.71. The van der Waals surface area contributed by atoms with Gasteiger partial charge in [0.05, 0.1) is 12.5 Å². The number of rotatable bonds is 7. The van der Waals surface area contributed by atoms with Crippen LogP contribution in [0, 0.1) is 0 Å². The van der Waals surface area contributed by atoms with Crippen LogP contribution in [-0.2, 0) is 9.53 Å². The van der Waals surface area contributed by atoms with Crippen molar-refractivity contribution in [3.05, 3.63) is 52.5 Å². The van der Waals surface area contributed by atoms with Gasteiger partial charge in [-0.3, -0.25) is 4.79 Å². The number of carbonyl (C=O) groups is 1. The third-order valence-electron chi connectivity index (χ3n) is 3.15. The lowest BCUT2D eigenvalue weighted by molar-refractivity contribution is -0.123. The molecule has 2 atom stereocenters. The Balaban J connectivity index is 0.00000242. The van der Waals surface area contributed by atoms with Crippen molar-refractivity contribution in [2.75, 3.05) is 13.7 Å². The summed E-state index contributed by atoms with van der Waals surface area (Å²) >= 11 is 1.52. The van der Waals surface area contributed by atoms with E-state index in [1.165, 1.54) is 11.3 Å². The average molecular weight is 342 g/mol. The molecule has 2 aromatic rings. The number of benzene rings is 1. The van der Waals surface area contributed by atoms with E-state index in [9.17, 15) is 4.79 Å². The molecule has 0 aliphatic rings. The smallest absolute Gasteiger partial charge is 0.223 e. The van der Waals surface area contributed by atoms with Crippen LogP contribution in [0.15, 0.2) is 41.9 Å². The molecular formula is C15H20ClN3O2S. The number of hydrogen-bond donors (Lipinski definition) is 2. The van der Waals surface area contributed by atoms with Crippen molar-refractivity contribution in [1.29, 1.82) is 0 Å². The molecule has 5 nitrogen and oxygen atoms in total. The van der Waals surface area contributed by atoms with Crippen LogP contribution in [0.3, 0.4) is 0 Å². The Kier molecular flexibility index (Phi) is 8.05. The average Bonchev–Trinajstić information content (AvgIpc) is 3.05. The Bertz CT molecular complexity index is 547. The first kappa shape index (κ1) is 18.6. The van der Waals surface area contributed by atoms with Gasteiger partial charge >= 0.3 is 0 Å². The van der Waals surface area contributed by atoms with Gasteiger partial charge < -0.3 is 15.8 Å². The second kappa shape index (κ2) is 9.53. The highest BCUT2D eigenvalue weighted by Gasteiger charge is 2.20. The summed E-state index contributed by atoms with van der Waals surface area (Å²) < 4.78 is 5.15. The number of ether oxygens (including phenoxy) is 1. The molecule has 0 aliphatic heterocycles. The minimum absolute atomic E-state index is 0. The summed E-state index contributed by atoms with van der Waals surface area (Å²) in [5.41, 5.74) is 6.56. The fraction of sp³-hybridized carbons (Fsp3) is 0.333. The van der Waals surface area contributed by atoms with Crippen molar-refractivity contribution in [1.82, 2.24) is 10.3 Å². The largest absolute Gasteiger partial charge is 0.380 e. The molecule has 1 aromatic heterocycles. The summed E-state index contributed by atoms with van der Waals surface area (Å²) in [5.74, 6) is -0.101. The van der Waals surface area contributed by atoms with Crippen LogP contribution in [0.1, 0.15) is 23.0 Å². The van der Waals surface area contributed by atoms with Gasteiger partial charge in [0.1, 0.15) is 11.0 Å². The minimum atomic E-state index is -0.266. The minimum Gasteiger partial charge on any atom is -0.380 e. The van der Waals surface area contributed by atoms with E-state index in [1.807, 2.05) is 35.7 Å². The van der Waals surface area contributed by atoms with Crippen LogP contribution in [0.2, 0.25) is 0 Å². The maximum atomic E-state index is 12.2. The standard InChI is InChI=1S/C15H19N3O2S.ClH/c1-20-12(10-16)9-13(19)18-14(15-17-7-8-21-15)11-5-3-2-4-6-11;/h2-8,12,14H,9-10,16H2,1H3,(H,18,19);1H. The van der Waals surface area contributed by atoms with Crippen LogP contribution < -0.4 is 11.1 Å². The second-order valence-corrected chi connectivity index (χ2v) is 5.51. The van der Waals surface area contributed by atoms with Crippen LogP contribution in [0.5, 0.6) is 0 Å². The van der Waals surface area contributed by atoms with Gasteiger partial charge in [0.15, 0.2) is 0 Å². The molecule has 0 radical (unpaired) electrons. The number of methoxy groups -OCH3 is 1. The van der Waals surface area contributed by atoms with Crippen molar-refractivity contribution in [2.24, 2.45) is 5.73 Å². The molecule has 0 spiro atoms. The zero-order chi connectivity index (χ0) is 15.1. The summed E-state index contributed by atoms with van der Waals surface area (Å²) in [4.78, 5) is 16.5. The van der Waals surface area contributed by atoms with E-state index in [0.29, 0.717) is 6.54 Å². The molecule has 3 N–H and O–H groups in total. The summed E-state index contributed by atoms with van der Waals surface area (Å²) in [6, 6.07) is 9.54. The quantitative estimate of drug-likeness (QED) is 0.808. The topological polar surface area (TPSA) is 77.2 Å². The Labute approximate surface area is 140 Å². The first-order chi connectivity index (χ1) is 10.2. The van der Waals surface area contributed by atoms with Crippen molar-refractivity contribution in [3.63, 3.8) is 0 Å². The lowest BCUT2D eigenvalue weighted by atomic mass is 10.1. The van der Waals surface area contributed by atoms with Crippen LogP contribution >= 0.6 is 23.7 Å². The maximum Gasteiger partial charge on any atom is 0.223 e. The van der Waals surface area contributed by atoms with Crippen molar-refractivity contribution in [2.45, 2.75) is 18.6 Å². The predicted octanol–water partition coefficient (Wildman–Crippen LogP) is 2.13. The fourth-order valence-electron chi connectivity index (χ4n) is 2.00. The van der Waals surface area contributed by atoms with Gasteiger partial charge in [0.25, 0.3) is 0 Å². The molecule has 0 bridgehead atoms. The maximum absolute atomic E-state index is 12.2. The van der Waals surface area contributed by atoms with E-state index < -0.39 is 0 Å². The first-order valence-electron chi connectivity index (χ1n) is 6.71. The van der Waals surface area contributed by atoms with Crippen molar-refractivity contribution < 1.29 is 9.53 Å². The van der Waals surface area contributed by atoms with Crippen molar-refractivity contribution in [3.8, 4) is 0 Å². The van der Waals surface area contributed by atoms with Gasteiger partial charge in [-0.2, -0.15) is 0 Å². The Morgan fingerprint density at radius 2 is 2.14 bits per heavy atom. The molecule has 1 aromatic carbocycles. The number of thiazole rings is 1. The van der Waals surface area contributed by atoms with E-state index in [0.717, 1.165) is 10.6 Å². The molecule has 0 saturated carbocycles. The molecule has 1 heterocycles. The second-order valence-electron chi connectivity index (χ2n) is 4.58. The SMILES string of the molecule is COC(CN)CC(=O)NC(c1ccccc1)c1nccs1.Cl. The van der Waals surface area contributed by atoms with E-state index >= 15 is 0 Å². The Morgan fingerprint density at radius 3 is 2.68 bits per heavy atom. The van der Waals surface area contributed by atoms with Gasteiger partial charge in [-0.1, -0.05) is 30.3 Å². The van der Waals surface area contributed by atoms with Gasteiger partial charge in [-0.15, -0.1) is 23.7 Å². The van der Waals surface area contributed by atoms with Gasteiger partial charge in [-0.05, 0) is 5.56 Å². The third kappa shape index (κ3) is 5.06. The lowest BCUT2D eigenvalue weighted by Gasteiger charge is -2.19. The Hall–Kier alpha value is -1.47. The van der Waals surface area contributed by atoms with E-state index in [-0.39, 0.29) is 36.9 Å². The molecule has 0 saturated heterocycles. The molecular weight excluding hydrogens is 322 g/mol. The summed E-state index contributed by atoms with van der Waals surface area (Å²) in [5, 5.41) is 5.76. The van der Waals surface area contributed by atoms with E-state index in [2.05, 4.69) is 10.3 Å². The summed E-state index contributed by atoms with van der Waals surface area (Å²) in [6.45, 7) is 0.317. The summed E-state index contributed by atoms with van der Waals surface area (Å²) in [7, 11) is 1.56. The monoisotopic (exact) mass is 341 g/mol. The number of aromatic nitrogens is 1. The highest BCUT2D eigenvalue weighted by atomic mass is 35.5. The number of nitrogens with two attached hydrogens (primary N) is 1. The zero-order valence-electron chi connectivity index (χ0n) is 12.3. The number of hydrogen-bond acceptors (Lipinski definition) is 5. The van der Waals surface area contributed by atoms with E-state index in [1.54, 1.807) is 13.3 Å². The molecule has 2 rings (SSSR count). The van der Waals surface area contributed by atoms with Crippen LogP contribution in [0.4, 0.5) is 0 Å². The van der Waals surface area contributed by atoms with E-state index in [4.69, 9.17) is 10.5 Å². The molecule has 120 valence electrons. The molecule has 22 heavy (non-hydrogen) atoms. The number of nitrogens with one attached hydrogen (secondary N) is 1. The van der Waals surface area contributed by atoms with Gasteiger partial charge in [-0.25, -0.2) is 4.98 Å².